The summed E-state index contributed by atoms with van der Waals surface area (Å²) in [5, 5.41) is 7.56. The molecule has 4 N–H and O–H groups in total. The van der Waals surface area contributed by atoms with Crippen LogP contribution in [-0.4, -0.2) is 27.1 Å². The van der Waals surface area contributed by atoms with Gasteiger partial charge < -0.3 is 20.9 Å². The van der Waals surface area contributed by atoms with E-state index in [0.29, 0.717) is 28.1 Å². The van der Waals surface area contributed by atoms with E-state index >= 15 is 0 Å². The number of fused-ring (bicyclic) bond motifs is 3. The summed E-state index contributed by atoms with van der Waals surface area (Å²) in [6.45, 7) is 3.51. The van der Waals surface area contributed by atoms with Crippen molar-refractivity contribution in [1.82, 2.24) is 19.9 Å². The molecule has 0 saturated heterocycles. The number of imidazole rings is 1. The number of hydrogen-bond donors (Lipinski definition) is 3. The Morgan fingerprint density at radius 3 is 2.71 bits per heavy atom. The molecule has 2 heterocycles. The Hall–Kier alpha value is -3.03. The maximum Gasteiger partial charge on any atom is 0.319 e. The first-order chi connectivity index (χ1) is 16.5. The Morgan fingerprint density at radius 1 is 1.09 bits per heavy atom. The van der Waals surface area contributed by atoms with Gasteiger partial charge in [0.15, 0.2) is 5.82 Å². The monoisotopic (exact) mass is 502 g/mol. The fourth-order valence-corrected chi connectivity index (χ4v) is 4.32. The van der Waals surface area contributed by atoms with Gasteiger partial charge in [0.05, 0.1) is 21.1 Å². The number of aromatic nitrogens is 3. The highest BCUT2D eigenvalue weighted by Crippen LogP contribution is 2.29. The summed E-state index contributed by atoms with van der Waals surface area (Å²) in [4.78, 5) is 21.6. The molecule has 34 heavy (non-hydrogen) atoms. The fraction of sp³-hybridized carbons (Fsp3) is 0.320. The predicted molar refractivity (Wildman–Crippen MR) is 145 cm³/mol. The third-order valence-corrected chi connectivity index (χ3v) is 6.45. The molecule has 0 saturated carbocycles. The normalized spacial score (nSPS) is 11.3. The van der Waals surface area contributed by atoms with Crippen LogP contribution in [-0.2, 0) is 13.0 Å². The first-order valence-electron chi connectivity index (χ1n) is 11.5. The number of pyridine rings is 1. The van der Waals surface area contributed by atoms with Crippen LogP contribution in [0.25, 0.3) is 21.9 Å². The Kier molecular flexibility index (Phi) is 7.75. The molecule has 0 aliphatic rings. The smallest absolute Gasteiger partial charge is 0.319 e. The zero-order chi connectivity index (χ0) is 24.1. The van der Waals surface area contributed by atoms with Crippen molar-refractivity contribution in [2.45, 2.75) is 45.6 Å². The van der Waals surface area contributed by atoms with Crippen LogP contribution in [0, 0.1) is 0 Å². The number of carbonyl (C=O) groups is 1. The number of urea groups is 1. The highest BCUT2D eigenvalue weighted by atomic mass is 35.5. The van der Waals surface area contributed by atoms with E-state index in [0.717, 1.165) is 66.4 Å². The van der Waals surface area contributed by atoms with Crippen LogP contribution in [0.2, 0.25) is 10.0 Å². The molecule has 2 aromatic heterocycles. The minimum atomic E-state index is -0.278. The maximum absolute atomic E-state index is 12.2. The number of para-hydroxylation sites is 1. The van der Waals surface area contributed by atoms with E-state index in [9.17, 15) is 4.79 Å². The van der Waals surface area contributed by atoms with Gasteiger partial charge in [0, 0.05) is 33.4 Å². The van der Waals surface area contributed by atoms with Crippen LogP contribution in [0.15, 0.2) is 42.5 Å². The molecular formula is C25H32Cl2N6O. The predicted octanol–water partition coefficient (Wildman–Crippen LogP) is 6.91. The number of carbonyl (C=O) groups excluding carboxylic acids is 1. The van der Waals surface area contributed by atoms with Crippen molar-refractivity contribution in [2.75, 3.05) is 17.6 Å². The summed E-state index contributed by atoms with van der Waals surface area (Å²) in [5.74, 6) is 1.50. The van der Waals surface area contributed by atoms with Crippen LogP contribution in [0.4, 0.5) is 16.3 Å². The molecule has 0 bridgehead atoms. The van der Waals surface area contributed by atoms with E-state index in [1.165, 1.54) is 0 Å². The molecule has 0 atom stereocenters. The van der Waals surface area contributed by atoms with Gasteiger partial charge in [-0.3, -0.25) is 0 Å². The number of aryl methyl sites for hydroxylation is 2. The number of nitrogens with one attached hydrogen (secondary N) is 2. The summed E-state index contributed by atoms with van der Waals surface area (Å²) in [6.07, 6.45) is 4.75. The van der Waals surface area contributed by atoms with Crippen LogP contribution in [0.3, 0.4) is 0 Å². The average molecular weight is 503 g/mol. The van der Waals surface area contributed by atoms with Gasteiger partial charge in [-0.25, -0.2) is 14.8 Å². The maximum atomic E-state index is 12.2. The number of halogens is 2. The van der Waals surface area contributed by atoms with Gasteiger partial charge in [-0.15, -0.1) is 0 Å². The molecule has 0 aliphatic carbocycles. The molecular weight excluding hydrogens is 471 g/mol. The lowest BCUT2D eigenvalue weighted by atomic mass is 10.2. The largest absolute Gasteiger partial charge is 0.382 e. The zero-order valence-corrected chi connectivity index (χ0v) is 20.6. The number of nitrogens with zero attached hydrogens (tertiary/aromatic N) is 3. The van der Waals surface area contributed by atoms with Gasteiger partial charge in [0.25, 0.3) is 0 Å². The van der Waals surface area contributed by atoms with Gasteiger partial charge in [-0.05, 0) is 43.5 Å². The van der Waals surface area contributed by atoms with Crippen molar-refractivity contribution in [3.05, 3.63) is 58.3 Å². The molecule has 0 radical (unpaired) electrons. The number of benzene rings is 2. The molecule has 2 aromatic carbocycles. The summed E-state index contributed by atoms with van der Waals surface area (Å²) in [6, 6.07) is 12.7. The average Bonchev–Trinajstić information content (AvgIpc) is 3.19. The lowest BCUT2D eigenvalue weighted by molar-refractivity contribution is 0.252. The molecule has 2 amide bonds. The second kappa shape index (κ2) is 10.9. The quantitative estimate of drug-likeness (QED) is 0.216. The van der Waals surface area contributed by atoms with Crippen molar-refractivity contribution in [1.29, 1.82) is 0 Å². The van der Waals surface area contributed by atoms with Gasteiger partial charge in [0.1, 0.15) is 11.3 Å². The van der Waals surface area contributed by atoms with E-state index in [2.05, 4.69) is 33.2 Å². The van der Waals surface area contributed by atoms with Crippen LogP contribution in [0.1, 0.15) is 41.3 Å². The lowest BCUT2D eigenvalue weighted by Gasteiger charge is -2.12. The number of unbranched alkanes of at least 4 members (excludes halogenated alkanes) is 2. The molecule has 7 nitrogen and oxygen atoms in total. The van der Waals surface area contributed by atoms with Crippen molar-refractivity contribution >= 4 is 62.7 Å². The topological polar surface area (TPSA) is 97.9 Å². The van der Waals surface area contributed by atoms with E-state index in [1.54, 1.807) is 18.2 Å². The lowest BCUT2D eigenvalue weighted by Crippen LogP contribution is -2.29. The second-order valence-corrected chi connectivity index (χ2v) is 9.03. The summed E-state index contributed by atoms with van der Waals surface area (Å²) >= 11 is 11.9. The molecule has 0 fully saturated rings. The number of hydrogen-bond acceptors (Lipinski definition) is 4. The third-order valence-electron chi connectivity index (χ3n) is 5.71. The molecule has 9 heteroatoms. The second-order valence-electron chi connectivity index (χ2n) is 8.21. The summed E-state index contributed by atoms with van der Waals surface area (Å²) in [7, 11) is 0. The van der Waals surface area contributed by atoms with E-state index < -0.39 is 0 Å². The molecule has 0 unspecified atom stereocenters. The Balaban J connectivity index is 0.00000228. The van der Waals surface area contributed by atoms with Gasteiger partial charge >= 0.3 is 6.03 Å². The Bertz CT molecular complexity index is 1330. The fourth-order valence-electron chi connectivity index (χ4n) is 4.02. The van der Waals surface area contributed by atoms with Gasteiger partial charge in [-0.1, -0.05) is 54.7 Å². The van der Waals surface area contributed by atoms with Crippen LogP contribution >= 0.6 is 23.2 Å². The van der Waals surface area contributed by atoms with E-state index in [-0.39, 0.29) is 8.88 Å². The third kappa shape index (κ3) is 5.37. The first kappa shape index (κ1) is 24.1. The standard InChI is InChI=1S/C25H28Cl2N6O.2H2/c1-2-3-10-21-32-22-23(17-8-4-5-9-20(17)31-24(22)28)33(21)14-7-6-13-29-25(34)30-16-11-12-18(26)19(27)15-16;;/h4-5,8-9,11-12,15H,2-3,6-7,10,13-14H2,1H3,(H2,28,31)(H2,29,30,34);2*1H. The van der Waals surface area contributed by atoms with Crippen LogP contribution < -0.4 is 16.4 Å². The Labute approximate surface area is 211 Å². The minimum Gasteiger partial charge on any atom is -0.382 e. The highest BCUT2D eigenvalue weighted by Gasteiger charge is 2.16. The number of amides is 2. The van der Waals surface area contributed by atoms with Crippen molar-refractivity contribution < 1.29 is 7.65 Å². The summed E-state index contributed by atoms with van der Waals surface area (Å²) < 4.78 is 2.28. The number of anilines is 2. The minimum absolute atomic E-state index is 0. The first-order valence-corrected chi connectivity index (χ1v) is 12.3. The SMILES string of the molecule is CCCCc1nc2c(N)nc3ccccc3c2n1CCCCNC(=O)Nc1ccc(Cl)c(Cl)c1.[HH].[HH]. The van der Waals surface area contributed by atoms with E-state index in [4.69, 9.17) is 33.9 Å². The number of rotatable bonds is 9. The highest BCUT2D eigenvalue weighted by molar-refractivity contribution is 6.42. The summed E-state index contributed by atoms with van der Waals surface area (Å²) in [5.41, 5.74) is 9.54. The molecule has 4 aromatic rings. The van der Waals surface area contributed by atoms with Crippen molar-refractivity contribution in [3.8, 4) is 0 Å². The van der Waals surface area contributed by atoms with Crippen molar-refractivity contribution in [3.63, 3.8) is 0 Å². The van der Waals surface area contributed by atoms with E-state index in [1.807, 2.05) is 18.2 Å². The molecule has 182 valence electrons. The number of nitrogen functional groups attached to an aromatic ring is 1. The van der Waals surface area contributed by atoms with Crippen LogP contribution in [0.5, 0.6) is 0 Å². The van der Waals surface area contributed by atoms with Crippen molar-refractivity contribution in [2.24, 2.45) is 0 Å². The van der Waals surface area contributed by atoms with Gasteiger partial charge in [-0.2, -0.15) is 0 Å². The molecule has 0 spiro atoms. The van der Waals surface area contributed by atoms with Gasteiger partial charge in [0.2, 0.25) is 0 Å². The zero-order valence-electron chi connectivity index (χ0n) is 19.1. The Morgan fingerprint density at radius 2 is 1.91 bits per heavy atom. The number of nitrogens with two attached hydrogens (primary N) is 1. The molecule has 4 rings (SSSR count). The molecule has 0 aliphatic heterocycles.